The van der Waals surface area contributed by atoms with Gasteiger partial charge in [0.1, 0.15) is 22.9 Å². The molecule has 1 aromatic carbocycles. The van der Waals surface area contributed by atoms with E-state index in [0.29, 0.717) is 17.7 Å². The van der Waals surface area contributed by atoms with Gasteiger partial charge in [-0.2, -0.15) is 4.31 Å². The smallest absolute Gasteiger partial charge is 0.416 e. The Morgan fingerprint density at radius 3 is 2.26 bits per heavy atom. The number of hydrogen-bond acceptors (Lipinski definition) is 8. The summed E-state index contributed by atoms with van der Waals surface area (Å²) < 4.78 is 34.1. The lowest BCUT2D eigenvalue weighted by molar-refractivity contribution is -0.135. The van der Waals surface area contributed by atoms with Gasteiger partial charge in [-0.25, -0.2) is 18.2 Å². The molecule has 3 rings (SSSR count). The molecule has 43 heavy (non-hydrogen) atoms. The molecule has 2 aromatic heterocycles. The highest BCUT2D eigenvalue weighted by Crippen LogP contribution is 2.24. The molecule has 0 aliphatic heterocycles. The molecule has 0 saturated heterocycles. The molecule has 0 unspecified atom stereocenters. The summed E-state index contributed by atoms with van der Waals surface area (Å²) in [5, 5.41) is 9.42. The van der Waals surface area contributed by atoms with Crippen LogP contribution in [0.3, 0.4) is 0 Å². The Balaban J connectivity index is 1.96. The number of nitrogens with zero attached hydrogens (tertiary/aromatic N) is 5. The molecule has 0 spiro atoms. The molecule has 0 aliphatic rings. The van der Waals surface area contributed by atoms with Gasteiger partial charge in [-0.05, 0) is 69.2 Å². The van der Waals surface area contributed by atoms with Gasteiger partial charge in [-0.3, -0.25) is 19.5 Å². The zero-order valence-electron chi connectivity index (χ0n) is 24.9. The van der Waals surface area contributed by atoms with Crippen molar-refractivity contribution in [2.75, 3.05) is 23.4 Å². The molecule has 0 radical (unpaired) electrons. The fraction of sp³-hybridized carbons (Fsp3) is 0.367. The second-order valence-corrected chi connectivity index (χ2v) is 12.7. The summed E-state index contributed by atoms with van der Waals surface area (Å²) in [6, 6.07) is 14.5. The molecule has 12 nitrogen and oxygen atoms in total. The van der Waals surface area contributed by atoms with E-state index in [1.807, 2.05) is 6.92 Å². The standard InChI is InChI=1S/C30H37N5O7S/c1-6-9-27(36)33(5)24-15-13-22(14-16-24)19-34(43(40,41)25-11-8-17-31-18-25)20-23-10-7-12-26(32-23)35(21-28(37)38)29(39)42-30(2,3)4/h7-8,10-18H,6,9,19-21H2,1-5H3,(H,37,38). The number of benzene rings is 1. The molecular weight excluding hydrogens is 574 g/mol. The molecule has 0 bridgehead atoms. The van der Waals surface area contributed by atoms with Crippen molar-refractivity contribution >= 4 is 39.5 Å². The van der Waals surface area contributed by atoms with Crippen LogP contribution in [0.4, 0.5) is 16.3 Å². The summed E-state index contributed by atoms with van der Waals surface area (Å²) in [4.78, 5) is 47.5. The molecule has 0 fully saturated rings. The van der Waals surface area contributed by atoms with E-state index in [2.05, 4.69) is 9.97 Å². The number of aliphatic carboxylic acids is 1. The van der Waals surface area contributed by atoms with Gasteiger partial charge in [0.15, 0.2) is 0 Å². The third-order valence-corrected chi connectivity index (χ3v) is 7.88. The predicted octanol–water partition coefficient (Wildman–Crippen LogP) is 4.46. The van der Waals surface area contributed by atoms with Crippen LogP contribution in [0.5, 0.6) is 0 Å². The van der Waals surface area contributed by atoms with E-state index in [9.17, 15) is 27.9 Å². The zero-order valence-corrected chi connectivity index (χ0v) is 25.7. The second kappa shape index (κ2) is 14.2. The second-order valence-electron chi connectivity index (χ2n) is 10.8. The number of carboxylic acid groups (broad SMARTS) is 1. The highest BCUT2D eigenvalue weighted by molar-refractivity contribution is 7.89. The zero-order chi connectivity index (χ0) is 31.8. The Labute approximate surface area is 252 Å². The van der Waals surface area contributed by atoms with Crippen LogP contribution in [0.15, 0.2) is 71.9 Å². The van der Waals surface area contributed by atoms with E-state index in [0.717, 1.165) is 11.3 Å². The van der Waals surface area contributed by atoms with E-state index in [-0.39, 0.29) is 35.4 Å². The van der Waals surface area contributed by atoms with Crippen molar-refractivity contribution in [1.82, 2.24) is 14.3 Å². The molecule has 2 amide bonds. The average molecular weight is 612 g/mol. The lowest BCUT2D eigenvalue weighted by Gasteiger charge is -2.26. The minimum Gasteiger partial charge on any atom is -0.480 e. The first-order chi connectivity index (χ1) is 20.2. The van der Waals surface area contributed by atoms with Crippen LogP contribution >= 0.6 is 0 Å². The molecule has 1 N–H and O–H groups in total. The van der Waals surface area contributed by atoms with Gasteiger partial charge >= 0.3 is 12.1 Å². The lowest BCUT2D eigenvalue weighted by Crippen LogP contribution is -2.40. The van der Waals surface area contributed by atoms with Crippen LogP contribution in [0, 0.1) is 0 Å². The Bertz CT molecular complexity index is 1520. The fourth-order valence-corrected chi connectivity index (χ4v) is 5.37. The van der Waals surface area contributed by atoms with Crippen molar-refractivity contribution in [3.05, 3.63) is 78.2 Å². The van der Waals surface area contributed by atoms with Gasteiger partial charge in [0.2, 0.25) is 15.9 Å². The molecule has 230 valence electrons. The van der Waals surface area contributed by atoms with Crippen molar-refractivity contribution in [2.24, 2.45) is 0 Å². The highest BCUT2D eigenvalue weighted by atomic mass is 32.2. The lowest BCUT2D eigenvalue weighted by atomic mass is 10.2. The summed E-state index contributed by atoms with van der Waals surface area (Å²) in [6.45, 7) is 5.95. The molecule has 0 aliphatic carbocycles. The van der Waals surface area contributed by atoms with E-state index >= 15 is 0 Å². The first-order valence-corrected chi connectivity index (χ1v) is 15.1. The van der Waals surface area contributed by atoms with Gasteiger partial charge in [-0.1, -0.05) is 25.1 Å². The number of carbonyl (C=O) groups excluding carboxylic acids is 2. The average Bonchev–Trinajstić information content (AvgIpc) is 2.95. The number of anilines is 2. The first-order valence-electron chi connectivity index (χ1n) is 13.6. The summed E-state index contributed by atoms with van der Waals surface area (Å²) in [5.41, 5.74) is 0.725. The third-order valence-electron chi connectivity index (χ3n) is 6.11. The summed E-state index contributed by atoms with van der Waals surface area (Å²) in [7, 11) is -2.38. The van der Waals surface area contributed by atoms with Gasteiger partial charge in [0, 0.05) is 38.1 Å². The SMILES string of the molecule is CCCC(=O)N(C)c1ccc(CN(Cc2cccc(N(CC(=O)O)C(=O)OC(C)(C)C)n2)S(=O)(=O)c2cccnc2)cc1. The monoisotopic (exact) mass is 611 g/mol. The molecule has 0 saturated carbocycles. The number of amides is 2. The number of sulfonamides is 1. The Hall–Kier alpha value is -4.36. The Kier molecular flexibility index (Phi) is 11.0. The minimum atomic E-state index is -4.07. The van der Waals surface area contributed by atoms with E-state index in [1.54, 1.807) is 69.1 Å². The number of hydrogen-bond donors (Lipinski definition) is 1. The Morgan fingerprint density at radius 1 is 0.977 bits per heavy atom. The number of rotatable bonds is 12. The summed E-state index contributed by atoms with van der Waals surface area (Å²) in [6.07, 6.45) is 2.96. The van der Waals surface area contributed by atoms with E-state index in [1.165, 1.54) is 34.9 Å². The summed E-state index contributed by atoms with van der Waals surface area (Å²) >= 11 is 0. The summed E-state index contributed by atoms with van der Waals surface area (Å²) in [5.74, 6) is -1.30. The molecule has 13 heteroatoms. The van der Waals surface area contributed by atoms with Crippen molar-refractivity contribution in [3.63, 3.8) is 0 Å². The normalized spacial score (nSPS) is 11.7. The number of carboxylic acids is 1. The largest absolute Gasteiger partial charge is 0.480 e. The molecule has 0 atom stereocenters. The first kappa shape index (κ1) is 33.1. The van der Waals surface area contributed by atoms with Gasteiger partial charge in [-0.15, -0.1) is 0 Å². The van der Waals surface area contributed by atoms with E-state index < -0.39 is 34.2 Å². The van der Waals surface area contributed by atoms with Crippen molar-refractivity contribution in [1.29, 1.82) is 0 Å². The highest BCUT2D eigenvalue weighted by Gasteiger charge is 2.29. The maximum absolute atomic E-state index is 13.7. The maximum Gasteiger partial charge on any atom is 0.416 e. The minimum absolute atomic E-state index is 0.00277. The maximum atomic E-state index is 13.7. The van der Waals surface area contributed by atoms with Crippen LogP contribution < -0.4 is 9.80 Å². The van der Waals surface area contributed by atoms with E-state index in [4.69, 9.17) is 4.74 Å². The quantitative estimate of drug-likeness (QED) is 0.313. The van der Waals surface area contributed by atoms with Crippen molar-refractivity contribution in [2.45, 2.75) is 64.1 Å². The number of ether oxygens (including phenoxy) is 1. The van der Waals surface area contributed by atoms with Gasteiger partial charge < -0.3 is 14.7 Å². The van der Waals surface area contributed by atoms with Crippen LogP contribution in [0.1, 0.15) is 51.8 Å². The fourth-order valence-electron chi connectivity index (χ4n) is 4.01. The Morgan fingerprint density at radius 2 is 1.67 bits per heavy atom. The van der Waals surface area contributed by atoms with Crippen LogP contribution in [0.25, 0.3) is 0 Å². The van der Waals surface area contributed by atoms with Crippen LogP contribution in [-0.4, -0.2) is 65.0 Å². The number of aromatic nitrogens is 2. The number of carbonyl (C=O) groups is 3. The molecule has 2 heterocycles. The topological polar surface area (TPSA) is 150 Å². The number of pyridine rings is 2. The van der Waals surface area contributed by atoms with Crippen LogP contribution in [-0.2, 0) is 37.4 Å². The van der Waals surface area contributed by atoms with Crippen molar-refractivity contribution < 1.29 is 32.6 Å². The van der Waals surface area contributed by atoms with Crippen LogP contribution in [0.2, 0.25) is 0 Å². The molecular formula is C30H37N5O7S. The molecule has 3 aromatic rings. The third kappa shape index (κ3) is 9.32. The van der Waals surface area contributed by atoms with Crippen molar-refractivity contribution in [3.8, 4) is 0 Å². The van der Waals surface area contributed by atoms with Gasteiger partial charge in [0.05, 0.1) is 12.2 Å². The predicted molar refractivity (Wildman–Crippen MR) is 161 cm³/mol. The van der Waals surface area contributed by atoms with Gasteiger partial charge in [0.25, 0.3) is 0 Å².